The summed E-state index contributed by atoms with van der Waals surface area (Å²) in [4.78, 5) is 63.3. The zero-order chi connectivity index (χ0) is 34.3. The van der Waals surface area contributed by atoms with Gasteiger partial charge in [0.2, 0.25) is 23.6 Å². The van der Waals surface area contributed by atoms with Crippen LogP contribution >= 0.6 is 0 Å². The second-order valence-corrected chi connectivity index (χ2v) is 12.1. The van der Waals surface area contributed by atoms with E-state index >= 15 is 0 Å². The van der Waals surface area contributed by atoms with Crippen LogP contribution in [0.2, 0.25) is 0 Å². The van der Waals surface area contributed by atoms with Crippen molar-refractivity contribution < 1.29 is 33.8 Å². The maximum absolute atomic E-state index is 13.1. The Hall–Kier alpha value is -4.29. The van der Waals surface area contributed by atoms with Crippen LogP contribution in [0.5, 0.6) is 0 Å². The lowest BCUT2D eigenvalue weighted by Gasteiger charge is -2.34. The number of nitrogens with one attached hydrogen (secondary N) is 4. The molecule has 0 saturated heterocycles. The van der Waals surface area contributed by atoms with Gasteiger partial charge in [0.1, 0.15) is 18.7 Å². The van der Waals surface area contributed by atoms with E-state index in [-0.39, 0.29) is 25.5 Å². The Bertz CT molecular complexity index is 1320. The van der Waals surface area contributed by atoms with Crippen molar-refractivity contribution in [2.45, 2.75) is 85.0 Å². The fourth-order valence-corrected chi connectivity index (χ4v) is 4.59. The van der Waals surface area contributed by atoms with Crippen LogP contribution in [0.25, 0.3) is 11.1 Å². The summed E-state index contributed by atoms with van der Waals surface area (Å²) in [6.45, 7) is 7.61. The number of unbranched alkanes of at least 4 members (excludes halogenated alkanes) is 2. The van der Waals surface area contributed by atoms with Crippen molar-refractivity contribution >= 4 is 29.7 Å². The molecule has 2 aromatic carbocycles. The number of aliphatic hydroxyl groups is 1. The van der Waals surface area contributed by atoms with Crippen LogP contribution < -0.4 is 27.0 Å². The first kappa shape index (κ1) is 37.9. The minimum Gasteiger partial charge on any atom is -0.445 e. The van der Waals surface area contributed by atoms with Gasteiger partial charge in [-0.2, -0.15) is 0 Å². The summed E-state index contributed by atoms with van der Waals surface area (Å²) >= 11 is 0. The molecule has 0 aliphatic heterocycles. The average molecular weight is 640 g/mol. The van der Waals surface area contributed by atoms with Crippen molar-refractivity contribution in [3.8, 4) is 11.1 Å². The van der Waals surface area contributed by atoms with E-state index in [1.807, 2.05) is 61.5 Å². The SMILES string of the molecule is CCCCCC(=O)NC(=O)C(NC(=O)C(N)C(C)(CO)CNC(=O)[C@H](C)NC(=O)OCc1ccccc1-c1ccccc1)C(C)C. The maximum Gasteiger partial charge on any atom is 0.408 e. The van der Waals surface area contributed by atoms with Crippen molar-refractivity contribution in [3.63, 3.8) is 0 Å². The number of nitrogens with two attached hydrogens (primary N) is 1. The molecule has 0 spiro atoms. The third kappa shape index (κ3) is 11.6. The standard InChI is InChI=1S/C34H49N5O7/c1-6-7-9-18-27(41)38-31(43)28(22(2)3)39-32(44)29(35)34(5,21-40)20-36-30(42)23(4)37-33(45)46-19-25-16-12-13-17-26(25)24-14-10-8-11-15-24/h8,10-17,22-23,28-29,40H,6-7,9,18-21,35H2,1-5H3,(H,36,42)(H,37,45)(H,39,44)(H,38,41,43)/t23-,28?,29?,34?/m0/s1. The molecule has 0 aliphatic rings. The summed E-state index contributed by atoms with van der Waals surface area (Å²) in [5, 5.41) is 20.1. The zero-order valence-corrected chi connectivity index (χ0v) is 27.4. The topological polar surface area (TPSA) is 189 Å². The van der Waals surface area contributed by atoms with Gasteiger partial charge in [-0.15, -0.1) is 0 Å². The van der Waals surface area contributed by atoms with Crippen LogP contribution in [0, 0.1) is 11.3 Å². The van der Waals surface area contributed by atoms with Crippen LogP contribution in [0.4, 0.5) is 4.79 Å². The first-order chi connectivity index (χ1) is 21.8. The predicted molar refractivity (Wildman–Crippen MR) is 175 cm³/mol. The number of ether oxygens (including phenoxy) is 1. The van der Waals surface area contributed by atoms with Crippen LogP contribution in [0.15, 0.2) is 54.6 Å². The Morgan fingerprint density at radius 3 is 2.17 bits per heavy atom. The van der Waals surface area contributed by atoms with E-state index in [9.17, 15) is 29.1 Å². The number of hydrogen-bond acceptors (Lipinski definition) is 8. The number of benzene rings is 2. The lowest BCUT2D eigenvalue weighted by molar-refractivity contribution is -0.136. The van der Waals surface area contributed by atoms with Gasteiger partial charge < -0.3 is 31.5 Å². The predicted octanol–water partition coefficient (Wildman–Crippen LogP) is 2.77. The molecule has 0 fully saturated rings. The van der Waals surface area contributed by atoms with Crippen LogP contribution in [-0.2, 0) is 30.5 Å². The van der Waals surface area contributed by atoms with Gasteiger partial charge in [-0.25, -0.2) is 4.79 Å². The molecule has 0 heterocycles. The second kappa shape index (κ2) is 18.6. The minimum absolute atomic E-state index is 0.0137. The molecule has 7 N–H and O–H groups in total. The van der Waals surface area contributed by atoms with Crippen LogP contribution in [0.3, 0.4) is 0 Å². The molecule has 252 valence electrons. The molecule has 5 amide bonds. The molecule has 12 nitrogen and oxygen atoms in total. The van der Waals surface area contributed by atoms with Gasteiger partial charge in [0.15, 0.2) is 0 Å². The van der Waals surface area contributed by atoms with Gasteiger partial charge in [-0.05, 0) is 36.0 Å². The molecule has 0 radical (unpaired) electrons. The highest BCUT2D eigenvalue weighted by molar-refractivity contribution is 5.99. The number of carbonyl (C=O) groups is 5. The third-order valence-corrected chi connectivity index (χ3v) is 7.77. The summed E-state index contributed by atoms with van der Waals surface area (Å²) in [6, 6.07) is 13.8. The molecule has 0 bridgehead atoms. The highest BCUT2D eigenvalue weighted by Gasteiger charge is 2.39. The Balaban J connectivity index is 1.92. The molecule has 2 aromatic rings. The monoisotopic (exact) mass is 639 g/mol. The summed E-state index contributed by atoms with van der Waals surface area (Å²) in [6.07, 6.45) is 1.85. The average Bonchev–Trinajstić information content (AvgIpc) is 3.04. The van der Waals surface area contributed by atoms with Crippen molar-refractivity contribution in [3.05, 3.63) is 60.2 Å². The smallest absolute Gasteiger partial charge is 0.408 e. The number of imide groups is 1. The molecule has 0 saturated carbocycles. The highest BCUT2D eigenvalue weighted by atomic mass is 16.5. The zero-order valence-electron chi connectivity index (χ0n) is 27.4. The highest BCUT2D eigenvalue weighted by Crippen LogP contribution is 2.24. The van der Waals surface area contributed by atoms with Crippen molar-refractivity contribution in [2.24, 2.45) is 17.1 Å². The number of rotatable bonds is 17. The number of alkyl carbamates (subject to hydrolysis) is 1. The van der Waals surface area contributed by atoms with Crippen molar-refractivity contribution in [2.75, 3.05) is 13.2 Å². The van der Waals surface area contributed by atoms with Gasteiger partial charge in [0.25, 0.3) is 0 Å². The van der Waals surface area contributed by atoms with Crippen LogP contribution in [0.1, 0.15) is 65.9 Å². The van der Waals surface area contributed by atoms with E-state index in [1.165, 1.54) is 13.8 Å². The quantitative estimate of drug-likeness (QED) is 0.143. The first-order valence-electron chi connectivity index (χ1n) is 15.7. The molecular weight excluding hydrogens is 590 g/mol. The van der Waals surface area contributed by atoms with Gasteiger partial charge >= 0.3 is 6.09 Å². The molecule has 46 heavy (non-hydrogen) atoms. The fourth-order valence-electron chi connectivity index (χ4n) is 4.59. The fraction of sp³-hybridized carbons (Fsp3) is 0.500. The van der Waals surface area contributed by atoms with Gasteiger partial charge in [-0.1, -0.05) is 95.1 Å². The maximum atomic E-state index is 13.1. The first-order valence-corrected chi connectivity index (χ1v) is 15.7. The van der Waals surface area contributed by atoms with Crippen molar-refractivity contribution in [1.82, 2.24) is 21.3 Å². The molecular formula is C34H49N5O7. The van der Waals surface area contributed by atoms with Crippen molar-refractivity contribution in [1.29, 1.82) is 0 Å². The number of aliphatic hydroxyl groups excluding tert-OH is 1. The third-order valence-electron chi connectivity index (χ3n) is 7.77. The summed E-state index contributed by atoms with van der Waals surface area (Å²) in [5.74, 6) is -2.75. The van der Waals surface area contributed by atoms with Gasteiger partial charge in [-0.3, -0.25) is 24.5 Å². The molecule has 2 rings (SSSR count). The van der Waals surface area contributed by atoms with E-state index in [0.717, 1.165) is 29.5 Å². The minimum atomic E-state index is -1.33. The van der Waals surface area contributed by atoms with E-state index in [0.29, 0.717) is 6.42 Å². The number of amides is 5. The molecule has 12 heteroatoms. The number of hydrogen-bond donors (Lipinski definition) is 6. The van der Waals surface area contributed by atoms with Crippen LogP contribution in [-0.4, -0.2) is 66.1 Å². The van der Waals surface area contributed by atoms with E-state index in [4.69, 9.17) is 10.5 Å². The Labute approximate surface area is 271 Å². The summed E-state index contributed by atoms with van der Waals surface area (Å²) in [7, 11) is 0. The van der Waals surface area contributed by atoms with Gasteiger partial charge in [0.05, 0.1) is 12.6 Å². The van der Waals surface area contributed by atoms with E-state index in [2.05, 4.69) is 21.3 Å². The van der Waals surface area contributed by atoms with E-state index in [1.54, 1.807) is 13.8 Å². The summed E-state index contributed by atoms with van der Waals surface area (Å²) < 4.78 is 5.37. The summed E-state index contributed by atoms with van der Waals surface area (Å²) in [5.41, 5.74) is 7.58. The molecule has 0 aromatic heterocycles. The second-order valence-electron chi connectivity index (χ2n) is 12.1. The molecule has 3 unspecified atom stereocenters. The Morgan fingerprint density at radius 1 is 0.891 bits per heavy atom. The van der Waals surface area contributed by atoms with Gasteiger partial charge in [0, 0.05) is 18.4 Å². The lowest BCUT2D eigenvalue weighted by atomic mass is 9.82. The molecule has 4 atom stereocenters. The lowest BCUT2D eigenvalue weighted by Crippen LogP contribution is -2.61. The number of carbonyl (C=O) groups excluding carboxylic acids is 5. The Morgan fingerprint density at radius 2 is 1.54 bits per heavy atom. The normalized spacial score (nSPS) is 14.3. The molecule has 0 aliphatic carbocycles. The van der Waals surface area contributed by atoms with E-state index < -0.39 is 59.9 Å². The Kier molecular flexibility index (Phi) is 15.3. The largest absolute Gasteiger partial charge is 0.445 e.